The van der Waals surface area contributed by atoms with Gasteiger partial charge in [0.25, 0.3) is 0 Å². The van der Waals surface area contributed by atoms with Crippen molar-refractivity contribution in [3.8, 4) is 16.9 Å². The molecule has 252 valence electrons. The number of methoxy groups -OCH3 is 1. The number of pyridine rings is 1. The van der Waals surface area contributed by atoms with Gasteiger partial charge < -0.3 is 19.7 Å². The molecule has 5 aromatic rings. The van der Waals surface area contributed by atoms with Crippen molar-refractivity contribution >= 4 is 50.1 Å². The molecular weight excluding hydrogens is 637 g/mol. The molecule has 4 fully saturated rings. The van der Waals surface area contributed by atoms with Crippen LogP contribution in [-0.2, 0) is 11.3 Å². The SMILES string of the molecule is COC(=O)c1c(-c2cnn(CC34CC5CC(CC(C5)C3)C4)c2C)cnc2c1OC(C)(C)CN2c1cnc(Nc2nc3ccccc3s2)cn1. The van der Waals surface area contributed by atoms with Gasteiger partial charge in [-0.15, -0.1) is 0 Å². The molecule has 49 heavy (non-hydrogen) atoms. The number of ether oxygens (including phenoxy) is 2. The van der Waals surface area contributed by atoms with Gasteiger partial charge in [0.1, 0.15) is 11.2 Å². The lowest BCUT2D eigenvalue weighted by Crippen LogP contribution is -2.48. The van der Waals surface area contributed by atoms with E-state index in [9.17, 15) is 4.79 Å². The van der Waals surface area contributed by atoms with E-state index >= 15 is 0 Å². The molecular formula is C37H40N8O3S. The molecule has 5 aliphatic rings. The third-order valence-electron chi connectivity index (χ3n) is 11.1. The van der Waals surface area contributed by atoms with E-state index in [-0.39, 0.29) is 0 Å². The second-order valence-corrected chi connectivity index (χ2v) is 16.3. The maximum absolute atomic E-state index is 13.6. The Morgan fingerprint density at radius 2 is 1.76 bits per heavy atom. The number of thiazole rings is 1. The minimum absolute atomic E-state index is 0.330. The average Bonchev–Trinajstić information content (AvgIpc) is 3.64. The molecule has 0 atom stereocenters. The highest BCUT2D eigenvalue weighted by atomic mass is 32.1. The van der Waals surface area contributed by atoms with Gasteiger partial charge in [-0.1, -0.05) is 23.5 Å². The first-order chi connectivity index (χ1) is 23.7. The number of hydrogen-bond acceptors (Lipinski definition) is 11. The van der Waals surface area contributed by atoms with Crippen molar-refractivity contribution < 1.29 is 14.3 Å². The van der Waals surface area contributed by atoms with Crippen LogP contribution in [0.1, 0.15) is 68.4 Å². The lowest BCUT2D eigenvalue weighted by Gasteiger charge is -2.56. The minimum atomic E-state index is -0.673. The Morgan fingerprint density at radius 3 is 2.45 bits per heavy atom. The molecule has 12 heteroatoms. The lowest BCUT2D eigenvalue weighted by atomic mass is 9.49. The average molecular weight is 677 g/mol. The zero-order valence-corrected chi connectivity index (χ0v) is 29.1. The van der Waals surface area contributed by atoms with Gasteiger partial charge in [0.15, 0.2) is 28.3 Å². The van der Waals surface area contributed by atoms with Crippen LogP contribution in [0.15, 0.2) is 49.1 Å². The molecule has 0 unspecified atom stereocenters. The number of nitrogens with one attached hydrogen (secondary N) is 1. The summed E-state index contributed by atoms with van der Waals surface area (Å²) in [7, 11) is 1.40. The van der Waals surface area contributed by atoms with Crippen molar-refractivity contribution in [3.63, 3.8) is 0 Å². The maximum atomic E-state index is 13.6. The third-order valence-corrected chi connectivity index (χ3v) is 12.0. The molecule has 4 aliphatic carbocycles. The van der Waals surface area contributed by atoms with Gasteiger partial charge in [0, 0.05) is 29.6 Å². The number of benzene rings is 1. The smallest absolute Gasteiger partial charge is 0.342 e. The molecule has 11 nitrogen and oxygen atoms in total. The fraction of sp³-hybridized carbons (Fsp3) is 0.459. The molecule has 4 saturated carbocycles. The first kappa shape index (κ1) is 30.5. The molecule has 1 aliphatic heterocycles. The van der Waals surface area contributed by atoms with E-state index in [4.69, 9.17) is 24.5 Å². The van der Waals surface area contributed by atoms with E-state index in [1.54, 1.807) is 29.9 Å². The summed E-state index contributed by atoms with van der Waals surface area (Å²) in [6.45, 7) is 7.45. The zero-order chi connectivity index (χ0) is 33.5. The van der Waals surface area contributed by atoms with Crippen molar-refractivity contribution in [2.45, 2.75) is 71.4 Å². The Kier molecular flexibility index (Phi) is 6.98. The van der Waals surface area contributed by atoms with Gasteiger partial charge in [-0.25, -0.2) is 24.7 Å². The highest BCUT2D eigenvalue weighted by Crippen LogP contribution is 2.60. The van der Waals surface area contributed by atoms with Crippen molar-refractivity contribution in [2.75, 3.05) is 23.9 Å². The first-order valence-corrected chi connectivity index (χ1v) is 18.0. The number of aromatic nitrogens is 6. The monoisotopic (exact) mass is 676 g/mol. The zero-order valence-electron chi connectivity index (χ0n) is 28.3. The number of carbonyl (C=O) groups is 1. The first-order valence-electron chi connectivity index (χ1n) is 17.2. The second kappa shape index (κ2) is 11.2. The van der Waals surface area contributed by atoms with Gasteiger partial charge in [-0.2, -0.15) is 5.10 Å². The number of anilines is 4. The van der Waals surface area contributed by atoms with Gasteiger partial charge in [0.2, 0.25) is 0 Å². The fourth-order valence-corrected chi connectivity index (χ4v) is 10.3. The summed E-state index contributed by atoms with van der Waals surface area (Å²) in [4.78, 5) is 34.5. The third kappa shape index (κ3) is 5.31. The van der Waals surface area contributed by atoms with Crippen LogP contribution in [0, 0.1) is 30.1 Å². The van der Waals surface area contributed by atoms with E-state index in [1.165, 1.54) is 45.6 Å². The van der Waals surface area contributed by atoms with E-state index in [2.05, 4.69) is 26.9 Å². The second-order valence-electron chi connectivity index (χ2n) is 15.2. The molecule has 0 amide bonds. The predicted octanol–water partition coefficient (Wildman–Crippen LogP) is 7.71. The van der Waals surface area contributed by atoms with Gasteiger partial charge in [-0.05, 0) is 94.6 Å². The molecule has 4 bridgehead atoms. The van der Waals surface area contributed by atoms with Crippen LogP contribution < -0.4 is 15.0 Å². The standard InChI is InChI=1S/C37H40N8O3S/c1-21-25(16-41-45(21)20-37-12-22-9-23(13-37)11-24(10-22)14-37)26-15-40-33-32(31(26)34(46)47-4)48-36(2,3)19-44(33)30-18-38-29(17-39-30)43-35-42-27-7-5-6-8-28(27)49-35/h5-8,15-18,22-24H,9-14,19-20H2,1-4H3,(H,38,42,43). The minimum Gasteiger partial charge on any atom is -0.481 e. The summed E-state index contributed by atoms with van der Waals surface area (Å²) >= 11 is 1.56. The fourth-order valence-electron chi connectivity index (χ4n) is 9.47. The summed E-state index contributed by atoms with van der Waals surface area (Å²) < 4.78 is 15.2. The van der Waals surface area contributed by atoms with Crippen LogP contribution in [0.2, 0.25) is 0 Å². The largest absolute Gasteiger partial charge is 0.481 e. The van der Waals surface area contributed by atoms with Crippen LogP contribution in [0.4, 0.5) is 22.6 Å². The van der Waals surface area contributed by atoms with Gasteiger partial charge in [-0.3, -0.25) is 4.68 Å². The lowest BCUT2D eigenvalue weighted by molar-refractivity contribution is -0.0638. The van der Waals surface area contributed by atoms with Crippen LogP contribution >= 0.6 is 11.3 Å². The topological polar surface area (TPSA) is 120 Å². The Balaban J connectivity index is 1.04. The van der Waals surface area contributed by atoms with Crippen LogP contribution in [0.5, 0.6) is 5.75 Å². The molecule has 1 N–H and O–H groups in total. The number of para-hydroxylation sites is 1. The van der Waals surface area contributed by atoms with E-state index < -0.39 is 11.6 Å². The summed E-state index contributed by atoms with van der Waals surface area (Å²) in [5, 5.41) is 8.92. The quantitative estimate of drug-likeness (QED) is 0.172. The molecule has 5 heterocycles. The van der Waals surface area contributed by atoms with Crippen molar-refractivity contribution in [2.24, 2.45) is 23.2 Å². The molecule has 4 aromatic heterocycles. The predicted molar refractivity (Wildman–Crippen MR) is 189 cm³/mol. The van der Waals surface area contributed by atoms with E-state index in [1.807, 2.05) is 49.2 Å². The van der Waals surface area contributed by atoms with Crippen molar-refractivity contribution in [1.82, 2.24) is 29.7 Å². The number of hydrogen-bond donors (Lipinski definition) is 1. The molecule has 0 spiro atoms. The number of carbonyl (C=O) groups excluding carboxylic acids is 1. The van der Waals surface area contributed by atoms with Crippen LogP contribution in [-0.4, -0.2) is 54.9 Å². The summed E-state index contributed by atoms with van der Waals surface area (Å²) in [6, 6.07) is 8.01. The number of esters is 1. The Morgan fingerprint density at radius 1 is 1.00 bits per heavy atom. The maximum Gasteiger partial charge on any atom is 0.342 e. The molecule has 0 radical (unpaired) electrons. The van der Waals surface area contributed by atoms with Gasteiger partial charge in [0.05, 0.1) is 42.5 Å². The Bertz CT molecular complexity index is 2020. The summed E-state index contributed by atoms with van der Waals surface area (Å²) in [6.07, 6.45) is 15.2. The highest BCUT2D eigenvalue weighted by Gasteiger charge is 2.51. The molecule has 1 aromatic carbocycles. The number of rotatable bonds is 7. The molecule has 0 saturated heterocycles. The van der Waals surface area contributed by atoms with Crippen LogP contribution in [0.25, 0.3) is 21.3 Å². The number of fused-ring (bicyclic) bond motifs is 2. The van der Waals surface area contributed by atoms with Gasteiger partial charge >= 0.3 is 5.97 Å². The highest BCUT2D eigenvalue weighted by molar-refractivity contribution is 7.22. The number of nitrogens with zero attached hydrogens (tertiary/aromatic N) is 7. The van der Waals surface area contributed by atoms with Crippen molar-refractivity contribution in [3.05, 3.63) is 60.3 Å². The van der Waals surface area contributed by atoms with Crippen molar-refractivity contribution in [1.29, 1.82) is 0 Å². The van der Waals surface area contributed by atoms with E-state index in [0.29, 0.717) is 46.3 Å². The normalized spacial score (nSPS) is 24.9. The molecule has 10 rings (SSSR count). The Labute approximate surface area is 289 Å². The van der Waals surface area contributed by atoms with E-state index in [0.717, 1.165) is 50.9 Å². The summed E-state index contributed by atoms with van der Waals surface area (Å²) in [5.41, 5.74) is 3.47. The Hall–Kier alpha value is -4.58. The summed E-state index contributed by atoms with van der Waals surface area (Å²) in [5.74, 6) is 4.15. The van der Waals surface area contributed by atoms with Crippen LogP contribution in [0.3, 0.4) is 0 Å².